The first kappa shape index (κ1) is 16.4. The van der Waals surface area contributed by atoms with E-state index < -0.39 is 0 Å². The molecule has 0 aromatic carbocycles. The highest BCUT2D eigenvalue weighted by atomic mass is 127. The monoisotopic (exact) mass is 446 g/mol. The topological polar surface area (TPSA) is 34.6 Å². The summed E-state index contributed by atoms with van der Waals surface area (Å²) in [5, 5.41) is 0. The zero-order valence-corrected chi connectivity index (χ0v) is 15.2. The third kappa shape index (κ3) is 5.15. The second-order valence-electron chi connectivity index (χ2n) is 3.42. The lowest BCUT2D eigenvalue weighted by molar-refractivity contribution is 0.231. The Labute approximate surface area is 131 Å². The highest BCUT2D eigenvalue weighted by Gasteiger charge is 2.11. The van der Waals surface area contributed by atoms with Gasteiger partial charge in [0.25, 0.3) is 0 Å². The Balaban J connectivity index is 2.76. The van der Waals surface area contributed by atoms with Crippen LogP contribution in [0, 0.1) is 0 Å². The van der Waals surface area contributed by atoms with Crippen molar-refractivity contribution < 1.29 is 9.26 Å². The number of halogens is 2. The molecule has 1 aromatic rings. The molecule has 1 heterocycles. The van der Waals surface area contributed by atoms with Crippen LogP contribution >= 0.6 is 44.4 Å². The van der Waals surface area contributed by atoms with Gasteiger partial charge in [-0.05, 0) is 57.9 Å². The lowest BCUT2D eigenvalue weighted by Gasteiger charge is -2.23. The summed E-state index contributed by atoms with van der Waals surface area (Å²) in [6.07, 6.45) is 1.75. The number of ether oxygens (including phenoxy) is 1. The van der Waals surface area contributed by atoms with Gasteiger partial charge in [0.15, 0.2) is 0 Å². The maximum Gasteiger partial charge on any atom is 0.237 e. The number of hydrogen-bond donors (Lipinski definition) is 0. The molecule has 0 saturated heterocycles. The fraction of sp³-hybridized carbons (Fsp3) is 0.545. The van der Waals surface area contributed by atoms with E-state index in [9.17, 15) is 0 Å². The molecular weight excluding hydrogens is 430 g/mol. The van der Waals surface area contributed by atoms with Crippen molar-refractivity contribution >= 4 is 50.1 Å². The van der Waals surface area contributed by atoms with Crippen molar-refractivity contribution in [2.45, 2.75) is 13.8 Å². The minimum Gasteiger partial charge on any atom is -0.474 e. The van der Waals surface area contributed by atoms with E-state index in [0.29, 0.717) is 25.5 Å². The second kappa shape index (κ2) is 9.28. The van der Waals surface area contributed by atoms with Crippen LogP contribution in [-0.2, 0) is 4.52 Å². The van der Waals surface area contributed by atoms with Crippen LogP contribution in [0.15, 0.2) is 16.7 Å². The molecule has 0 bridgehead atoms. The summed E-state index contributed by atoms with van der Waals surface area (Å²) in [6, 6.07) is 2.04. The van der Waals surface area contributed by atoms with Gasteiger partial charge in [0.2, 0.25) is 5.88 Å². The molecule has 1 rings (SSSR count). The Morgan fingerprint density at radius 1 is 1.39 bits per heavy atom. The van der Waals surface area contributed by atoms with Gasteiger partial charge in [0.05, 0.1) is 13.1 Å². The molecule has 0 aliphatic rings. The summed E-state index contributed by atoms with van der Waals surface area (Å²) in [5.74, 6) is 0.669. The van der Waals surface area contributed by atoms with Gasteiger partial charge in [0, 0.05) is 23.8 Å². The smallest absolute Gasteiger partial charge is 0.237 e. The zero-order valence-electron chi connectivity index (χ0n) is 10.4. The molecule has 4 nitrogen and oxygen atoms in total. The number of anilines is 1. The SMILES string of the molecule is CCN(CC)c1cc(Br)cnc1OCCOPI. The number of rotatable bonds is 8. The second-order valence-corrected chi connectivity index (χ2v) is 6.10. The van der Waals surface area contributed by atoms with Crippen LogP contribution < -0.4 is 9.64 Å². The van der Waals surface area contributed by atoms with Crippen molar-refractivity contribution in [3.05, 3.63) is 16.7 Å². The molecule has 0 saturated carbocycles. The maximum atomic E-state index is 5.68. The van der Waals surface area contributed by atoms with Crippen molar-refractivity contribution in [3.63, 3.8) is 0 Å². The first-order chi connectivity index (χ1) is 8.72. The van der Waals surface area contributed by atoms with Gasteiger partial charge in [-0.15, -0.1) is 0 Å². The molecule has 102 valence electrons. The molecule has 0 aliphatic carbocycles. The summed E-state index contributed by atoms with van der Waals surface area (Å²) in [4.78, 5) is 6.54. The molecule has 1 unspecified atom stereocenters. The third-order valence-corrected chi connectivity index (χ3v) is 4.06. The van der Waals surface area contributed by atoms with Crippen LogP contribution in [0.4, 0.5) is 5.69 Å². The van der Waals surface area contributed by atoms with Crippen LogP contribution in [-0.4, -0.2) is 31.3 Å². The van der Waals surface area contributed by atoms with Crippen molar-refractivity contribution in [3.8, 4) is 5.88 Å². The number of pyridine rings is 1. The summed E-state index contributed by atoms with van der Waals surface area (Å²) in [5.41, 5.74) is 1.02. The average Bonchev–Trinajstić information content (AvgIpc) is 2.38. The normalized spacial score (nSPS) is 11.1. The standard InChI is InChI=1S/C11H17BrIN2O2P/c1-3-15(4-2)10-7-9(12)8-14-11(10)16-5-6-17-18-13/h7-8,18H,3-6H2,1-2H3. The highest BCUT2D eigenvalue weighted by molar-refractivity contribution is 14.2. The van der Waals surface area contributed by atoms with Crippen LogP contribution in [0.2, 0.25) is 0 Å². The largest absolute Gasteiger partial charge is 0.474 e. The minimum atomic E-state index is 0.468. The van der Waals surface area contributed by atoms with E-state index in [2.05, 4.69) is 61.7 Å². The van der Waals surface area contributed by atoms with Crippen LogP contribution in [0.25, 0.3) is 0 Å². The first-order valence-corrected chi connectivity index (χ1v) is 10.5. The Morgan fingerprint density at radius 3 is 2.72 bits per heavy atom. The molecule has 0 fully saturated rings. The predicted molar refractivity (Wildman–Crippen MR) is 89.3 cm³/mol. The minimum absolute atomic E-state index is 0.468. The first-order valence-electron chi connectivity index (χ1n) is 5.73. The summed E-state index contributed by atoms with van der Waals surface area (Å²) in [6.45, 7) is 7.68. The maximum absolute atomic E-state index is 5.68. The Bertz CT molecular complexity index is 367. The fourth-order valence-electron chi connectivity index (χ4n) is 1.54. The van der Waals surface area contributed by atoms with Gasteiger partial charge in [0.1, 0.15) is 12.3 Å². The summed E-state index contributed by atoms with van der Waals surface area (Å²) in [7, 11) is 0. The summed E-state index contributed by atoms with van der Waals surface area (Å²) < 4.78 is 11.9. The van der Waals surface area contributed by atoms with Crippen LogP contribution in [0.3, 0.4) is 0 Å². The zero-order chi connectivity index (χ0) is 13.4. The Hall–Kier alpha value is 0.350. The van der Waals surface area contributed by atoms with E-state index in [1.807, 2.05) is 6.07 Å². The van der Waals surface area contributed by atoms with Gasteiger partial charge in [-0.1, -0.05) is 0 Å². The molecule has 0 radical (unpaired) electrons. The van der Waals surface area contributed by atoms with Crippen molar-refractivity contribution in [1.82, 2.24) is 4.98 Å². The van der Waals surface area contributed by atoms with E-state index in [4.69, 9.17) is 9.26 Å². The number of hydrogen-bond acceptors (Lipinski definition) is 4. The molecule has 1 atom stereocenters. The number of nitrogens with zero attached hydrogens (tertiary/aromatic N) is 2. The lowest BCUT2D eigenvalue weighted by atomic mass is 10.3. The average molecular weight is 447 g/mol. The van der Waals surface area contributed by atoms with E-state index in [1.54, 1.807) is 6.20 Å². The fourth-order valence-corrected chi connectivity index (χ4v) is 2.68. The summed E-state index contributed by atoms with van der Waals surface area (Å²) >= 11 is 5.64. The number of aromatic nitrogens is 1. The van der Waals surface area contributed by atoms with Crippen LogP contribution in [0.5, 0.6) is 5.88 Å². The van der Waals surface area contributed by atoms with Gasteiger partial charge < -0.3 is 14.2 Å². The van der Waals surface area contributed by atoms with E-state index in [-0.39, 0.29) is 0 Å². The van der Waals surface area contributed by atoms with Gasteiger partial charge in [-0.2, -0.15) is 0 Å². The predicted octanol–water partition coefficient (Wildman–Crippen LogP) is 4.03. The van der Waals surface area contributed by atoms with Crippen LogP contribution in [0.1, 0.15) is 13.8 Å². The van der Waals surface area contributed by atoms with Crippen molar-refractivity contribution in [2.24, 2.45) is 0 Å². The molecular formula is C11H17BrIN2O2P. The van der Waals surface area contributed by atoms with E-state index in [0.717, 1.165) is 23.2 Å². The highest BCUT2D eigenvalue weighted by Crippen LogP contribution is 2.29. The van der Waals surface area contributed by atoms with Crippen molar-refractivity contribution in [2.75, 3.05) is 31.2 Å². The van der Waals surface area contributed by atoms with Gasteiger partial charge >= 0.3 is 0 Å². The van der Waals surface area contributed by atoms with Crippen molar-refractivity contribution in [1.29, 1.82) is 0 Å². The van der Waals surface area contributed by atoms with E-state index >= 15 is 0 Å². The molecule has 1 aromatic heterocycles. The molecule has 0 aliphatic heterocycles. The quantitative estimate of drug-likeness (QED) is 0.343. The third-order valence-electron chi connectivity index (χ3n) is 2.38. The molecule has 0 amide bonds. The lowest BCUT2D eigenvalue weighted by Crippen LogP contribution is -2.23. The van der Waals surface area contributed by atoms with Gasteiger partial charge in [-0.3, -0.25) is 0 Å². The molecule has 0 N–H and O–H groups in total. The molecule has 0 spiro atoms. The molecule has 18 heavy (non-hydrogen) atoms. The molecule has 7 heteroatoms. The van der Waals surface area contributed by atoms with E-state index in [1.165, 1.54) is 0 Å². The Morgan fingerprint density at radius 2 is 2.11 bits per heavy atom. The Kier molecular flexibility index (Phi) is 8.46. The van der Waals surface area contributed by atoms with Gasteiger partial charge in [-0.25, -0.2) is 4.98 Å².